The molecule has 0 aliphatic carbocycles. The molecule has 0 rings (SSSR count). The highest BCUT2D eigenvalue weighted by atomic mass is 16.5. The SMILES string of the molecule is COC(C)C(N)(COC(N)=O)CC(=O)O. The van der Waals surface area contributed by atoms with Gasteiger partial charge in [0.05, 0.1) is 18.1 Å². The minimum atomic E-state index is -1.28. The lowest BCUT2D eigenvalue weighted by molar-refractivity contribution is -0.140. The summed E-state index contributed by atoms with van der Waals surface area (Å²) in [6.45, 7) is 1.29. The maximum absolute atomic E-state index is 10.6. The number of methoxy groups -OCH3 is 1. The Morgan fingerprint density at radius 1 is 1.53 bits per heavy atom. The fourth-order valence-corrected chi connectivity index (χ4v) is 1.03. The smallest absolute Gasteiger partial charge is 0.404 e. The van der Waals surface area contributed by atoms with Crippen molar-refractivity contribution in [1.82, 2.24) is 0 Å². The topological polar surface area (TPSA) is 125 Å². The zero-order valence-corrected chi connectivity index (χ0v) is 8.73. The monoisotopic (exact) mass is 220 g/mol. The van der Waals surface area contributed by atoms with E-state index in [1.165, 1.54) is 7.11 Å². The third-order valence-corrected chi connectivity index (χ3v) is 2.13. The van der Waals surface area contributed by atoms with E-state index in [4.69, 9.17) is 21.3 Å². The number of ether oxygens (including phenoxy) is 2. The highest BCUT2D eigenvalue weighted by Gasteiger charge is 2.36. The number of carboxylic acids is 1. The molecule has 0 saturated heterocycles. The van der Waals surface area contributed by atoms with Crippen molar-refractivity contribution in [3.05, 3.63) is 0 Å². The molecule has 0 aliphatic heterocycles. The van der Waals surface area contributed by atoms with Gasteiger partial charge in [-0.3, -0.25) is 4.79 Å². The van der Waals surface area contributed by atoms with Crippen molar-refractivity contribution in [1.29, 1.82) is 0 Å². The number of hydrogen-bond acceptors (Lipinski definition) is 5. The molecule has 88 valence electrons. The number of carbonyl (C=O) groups is 2. The third-order valence-electron chi connectivity index (χ3n) is 2.13. The van der Waals surface area contributed by atoms with Gasteiger partial charge in [-0.2, -0.15) is 0 Å². The van der Waals surface area contributed by atoms with Crippen LogP contribution in [0.15, 0.2) is 0 Å². The van der Waals surface area contributed by atoms with Crippen LogP contribution in [0.5, 0.6) is 0 Å². The number of carbonyl (C=O) groups excluding carboxylic acids is 1. The van der Waals surface area contributed by atoms with Crippen LogP contribution in [0.2, 0.25) is 0 Å². The molecule has 5 N–H and O–H groups in total. The molecule has 0 saturated carbocycles. The van der Waals surface area contributed by atoms with Gasteiger partial charge >= 0.3 is 12.1 Å². The fraction of sp³-hybridized carbons (Fsp3) is 0.750. The molecule has 7 nitrogen and oxygen atoms in total. The van der Waals surface area contributed by atoms with Crippen molar-refractivity contribution in [2.75, 3.05) is 13.7 Å². The average Bonchev–Trinajstić information content (AvgIpc) is 2.12. The van der Waals surface area contributed by atoms with E-state index in [9.17, 15) is 9.59 Å². The zero-order chi connectivity index (χ0) is 12.1. The highest BCUT2D eigenvalue weighted by Crippen LogP contribution is 2.15. The lowest BCUT2D eigenvalue weighted by Gasteiger charge is -2.32. The largest absolute Gasteiger partial charge is 0.481 e. The Bertz CT molecular complexity index is 245. The molecule has 0 bridgehead atoms. The number of aliphatic carboxylic acids is 1. The lowest BCUT2D eigenvalue weighted by Crippen LogP contribution is -2.56. The molecule has 0 fully saturated rings. The molecule has 0 heterocycles. The number of nitrogens with two attached hydrogens (primary N) is 2. The van der Waals surface area contributed by atoms with Gasteiger partial charge in [0.15, 0.2) is 0 Å². The molecule has 0 aromatic rings. The van der Waals surface area contributed by atoms with Crippen molar-refractivity contribution < 1.29 is 24.2 Å². The summed E-state index contributed by atoms with van der Waals surface area (Å²) in [6.07, 6.45) is -1.96. The minimum Gasteiger partial charge on any atom is -0.481 e. The van der Waals surface area contributed by atoms with E-state index >= 15 is 0 Å². The van der Waals surface area contributed by atoms with Crippen molar-refractivity contribution >= 4 is 12.1 Å². The molecule has 2 unspecified atom stereocenters. The van der Waals surface area contributed by atoms with Crippen LogP contribution in [-0.2, 0) is 14.3 Å². The number of primary amides is 1. The van der Waals surface area contributed by atoms with Crippen LogP contribution in [0.1, 0.15) is 13.3 Å². The van der Waals surface area contributed by atoms with Gasteiger partial charge < -0.3 is 26.0 Å². The molecule has 0 radical (unpaired) electrons. The molecular formula is C8H16N2O5. The van der Waals surface area contributed by atoms with E-state index in [0.717, 1.165) is 0 Å². The second kappa shape index (κ2) is 5.52. The van der Waals surface area contributed by atoms with E-state index in [0.29, 0.717) is 0 Å². The van der Waals surface area contributed by atoms with Gasteiger partial charge in [-0.15, -0.1) is 0 Å². The number of hydrogen-bond donors (Lipinski definition) is 3. The summed E-state index contributed by atoms with van der Waals surface area (Å²) in [6, 6.07) is 0. The van der Waals surface area contributed by atoms with Gasteiger partial charge in [0.1, 0.15) is 6.61 Å². The van der Waals surface area contributed by atoms with Crippen LogP contribution in [0.4, 0.5) is 4.79 Å². The number of amides is 1. The van der Waals surface area contributed by atoms with Crippen LogP contribution in [0.3, 0.4) is 0 Å². The summed E-state index contributed by atoms with van der Waals surface area (Å²) in [5.74, 6) is -1.10. The molecule has 0 aromatic heterocycles. The van der Waals surface area contributed by atoms with Gasteiger partial charge in [-0.05, 0) is 6.92 Å². The van der Waals surface area contributed by atoms with Crippen molar-refractivity contribution in [3.63, 3.8) is 0 Å². The zero-order valence-electron chi connectivity index (χ0n) is 8.73. The van der Waals surface area contributed by atoms with Crippen LogP contribution >= 0.6 is 0 Å². The lowest BCUT2D eigenvalue weighted by atomic mass is 9.91. The Balaban J connectivity index is 4.53. The van der Waals surface area contributed by atoms with Gasteiger partial charge in [0.25, 0.3) is 0 Å². The first-order valence-electron chi connectivity index (χ1n) is 4.27. The summed E-state index contributed by atoms with van der Waals surface area (Å²) in [4.78, 5) is 21.0. The summed E-state index contributed by atoms with van der Waals surface area (Å²) >= 11 is 0. The average molecular weight is 220 g/mol. The first-order valence-corrected chi connectivity index (χ1v) is 4.27. The first kappa shape index (κ1) is 13.7. The Kier molecular flexibility index (Phi) is 5.03. The Labute approximate surface area is 87.3 Å². The molecule has 7 heteroatoms. The summed E-state index contributed by atoms with van der Waals surface area (Å²) in [5, 5.41) is 8.65. The van der Waals surface area contributed by atoms with Crippen molar-refractivity contribution in [2.45, 2.75) is 25.0 Å². The second-order valence-corrected chi connectivity index (χ2v) is 3.29. The predicted molar refractivity (Wildman–Crippen MR) is 51.2 cm³/mol. The molecule has 1 amide bonds. The molecular weight excluding hydrogens is 204 g/mol. The summed E-state index contributed by atoms with van der Waals surface area (Å²) in [5.41, 5.74) is 9.25. The Morgan fingerprint density at radius 3 is 2.40 bits per heavy atom. The van der Waals surface area contributed by atoms with Crippen LogP contribution in [0, 0.1) is 0 Å². The third kappa shape index (κ3) is 4.61. The Morgan fingerprint density at radius 2 is 2.07 bits per heavy atom. The van der Waals surface area contributed by atoms with Gasteiger partial charge in [-0.1, -0.05) is 0 Å². The van der Waals surface area contributed by atoms with E-state index in [-0.39, 0.29) is 13.0 Å². The molecule has 15 heavy (non-hydrogen) atoms. The fourth-order valence-electron chi connectivity index (χ4n) is 1.03. The number of rotatable bonds is 6. The quantitative estimate of drug-likeness (QED) is 0.543. The summed E-state index contributed by atoms with van der Waals surface area (Å²) < 4.78 is 9.43. The normalized spacial score (nSPS) is 16.5. The minimum absolute atomic E-state index is 0.302. The highest BCUT2D eigenvalue weighted by molar-refractivity contribution is 5.69. The predicted octanol–water partition coefficient (Wildman–Crippen LogP) is -0.711. The Hall–Kier alpha value is -1.34. The van der Waals surface area contributed by atoms with Crippen LogP contribution in [-0.4, -0.2) is 42.5 Å². The first-order chi connectivity index (χ1) is 6.81. The maximum atomic E-state index is 10.6. The molecule has 0 aromatic carbocycles. The maximum Gasteiger partial charge on any atom is 0.404 e. The molecule has 2 atom stereocenters. The standard InChI is InChI=1S/C8H16N2O5/c1-5(14-2)8(10,3-6(11)12)4-15-7(9)13/h5H,3-4,10H2,1-2H3,(H2,9,13)(H,11,12). The van der Waals surface area contributed by atoms with Gasteiger partial charge in [0.2, 0.25) is 0 Å². The summed E-state index contributed by atoms with van der Waals surface area (Å²) in [7, 11) is 1.39. The van der Waals surface area contributed by atoms with Crippen molar-refractivity contribution in [3.8, 4) is 0 Å². The van der Waals surface area contributed by atoms with Crippen LogP contribution in [0.25, 0.3) is 0 Å². The second-order valence-electron chi connectivity index (χ2n) is 3.29. The van der Waals surface area contributed by atoms with Gasteiger partial charge in [-0.25, -0.2) is 4.79 Å². The molecule has 0 spiro atoms. The van der Waals surface area contributed by atoms with Gasteiger partial charge in [0, 0.05) is 7.11 Å². The van der Waals surface area contributed by atoms with Crippen molar-refractivity contribution in [2.24, 2.45) is 11.5 Å². The van der Waals surface area contributed by atoms with E-state index in [1.54, 1.807) is 6.92 Å². The van der Waals surface area contributed by atoms with E-state index in [1.807, 2.05) is 0 Å². The van der Waals surface area contributed by atoms with Crippen LogP contribution < -0.4 is 11.5 Å². The molecule has 0 aliphatic rings. The van der Waals surface area contributed by atoms with E-state index in [2.05, 4.69) is 4.74 Å². The number of carboxylic acid groups (broad SMARTS) is 1. The van der Waals surface area contributed by atoms with E-state index < -0.39 is 23.7 Å².